The van der Waals surface area contributed by atoms with Crippen molar-refractivity contribution in [3.05, 3.63) is 11.6 Å². The largest absolute Gasteiger partial charge is 0.457 e. The zero-order valence-corrected chi connectivity index (χ0v) is 11.2. The standard InChI is InChI=1S/C14H24O2/c1-6-14(5)10-8-7-9-11(14)12(15)16-13(2,3)4/h9H,6-8,10H2,1-5H3/t14-/m0/s1. The molecule has 1 aliphatic carbocycles. The van der Waals surface area contributed by atoms with Gasteiger partial charge >= 0.3 is 5.97 Å². The summed E-state index contributed by atoms with van der Waals surface area (Å²) in [6.07, 6.45) is 6.34. The first-order valence-corrected chi connectivity index (χ1v) is 6.22. The maximum atomic E-state index is 12.1. The first-order valence-electron chi connectivity index (χ1n) is 6.22. The van der Waals surface area contributed by atoms with E-state index >= 15 is 0 Å². The van der Waals surface area contributed by atoms with E-state index in [0.717, 1.165) is 24.8 Å². The highest BCUT2D eigenvalue weighted by atomic mass is 16.6. The van der Waals surface area contributed by atoms with Crippen LogP contribution in [0.2, 0.25) is 0 Å². The summed E-state index contributed by atoms with van der Waals surface area (Å²) in [7, 11) is 0. The lowest BCUT2D eigenvalue weighted by Gasteiger charge is -2.34. The van der Waals surface area contributed by atoms with Gasteiger partial charge in [0.1, 0.15) is 5.60 Å². The number of carbonyl (C=O) groups is 1. The van der Waals surface area contributed by atoms with Gasteiger partial charge in [-0.1, -0.05) is 19.9 Å². The monoisotopic (exact) mass is 224 g/mol. The summed E-state index contributed by atoms with van der Waals surface area (Å²) in [4.78, 5) is 12.1. The van der Waals surface area contributed by atoms with Gasteiger partial charge in [0.25, 0.3) is 0 Å². The van der Waals surface area contributed by atoms with Gasteiger partial charge in [-0.05, 0) is 51.9 Å². The number of allylic oxidation sites excluding steroid dienone is 1. The Labute approximate surface area is 99.1 Å². The molecule has 0 aromatic carbocycles. The van der Waals surface area contributed by atoms with E-state index < -0.39 is 5.60 Å². The number of esters is 1. The highest BCUT2D eigenvalue weighted by molar-refractivity contribution is 5.90. The van der Waals surface area contributed by atoms with E-state index in [1.54, 1.807) is 0 Å². The van der Waals surface area contributed by atoms with Gasteiger partial charge in [-0.3, -0.25) is 0 Å². The number of rotatable bonds is 2. The molecule has 0 fully saturated rings. The van der Waals surface area contributed by atoms with Gasteiger partial charge in [0, 0.05) is 5.57 Å². The molecule has 92 valence electrons. The predicted octanol–water partition coefficient (Wildman–Crippen LogP) is 3.85. The van der Waals surface area contributed by atoms with Gasteiger partial charge in [-0.15, -0.1) is 0 Å². The van der Waals surface area contributed by atoms with Crippen molar-refractivity contribution in [2.45, 2.75) is 65.9 Å². The first kappa shape index (κ1) is 13.3. The fraction of sp³-hybridized carbons (Fsp3) is 0.786. The van der Waals surface area contributed by atoms with Crippen LogP contribution >= 0.6 is 0 Å². The van der Waals surface area contributed by atoms with Gasteiger partial charge in [0.05, 0.1) is 0 Å². The van der Waals surface area contributed by atoms with Crippen molar-refractivity contribution in [1.29, 1.82) is 0 Å². The molecule has 0 saturated carbocycles. The molecule has 0 radical (unpaired) electrons. The summed E-state index contributed by atoms with van der Waals surface area (Å²) >= 11 is 0. The van der Waals surface area contributed by atoms with Crippen molar-refractivity contribution in [2.24, 2.45) is 5.41 Å². The minimum atomic E-state index is -0.399. The third-order valence-corrected chi connectivity index (χ3v) is 3.33. The molecule has 0 aromatic heterocycles. The fourth-order valence-electron chi connectivity index (χ4n) is 2.15. The smallest absolute Gasteiger partial charge is 0.334 e. The Morgan fingerprint density at radius 1 is 1.50 bits per heavy atom. The predicted molar refractivity (Wildman–Crippen MR) is 66.2 cm³/mol. The van der Waals surface area contributed by atoms with Crippen LogP contribution in [-0.2, 0) is 9.53 Å². The molecule has 2 nitrogen and oxygen atoms in total. The van der Waals surface area contributed by atoms with Crippen LogP contribution in [0.1, 0.15) is 60.3 Å². The van der Waals surface area contributed by atoms with E-state index in [-0.39, 0.29) is 11.4 Å². The molecule has 0 heterocycles. The fourth-order valence-corrected chi connectivity index (χ4v) is 2.15. The summed E-state index contributed by atoms with van der Waals surface area (Å²) < 4.78 is 5.47. The Balaban J connectivity index is 2.85. The quantitative estimate of drug-likeness (QED) is 0.666. The van der Waals surface area contributed by atoms with Crippen LogP contribution in [0.3, 0.4) is 0 Å². The number of hydrogen-bond acceptors (Lipinski definition) is 2. The Morgan fingerprint density at radius 3 is 2.62 bits per heavy atom. The lowest BCUT2D eigenvalue weighted by molar-refractivity contribution is -0.151. The van der Waals surface area contributed by atoms with Crippen molar-refractivity contribution in [3.63, 3.8) is 0 Å². The average Bonchev–Trinajstić information content (AvgIpc) is 2.15. The van der Waals surface area contributed by atoms with E-state index in [4.69, 9.17) is 4.74 Å². The maximum absolute atomic E-state index is 12.1. The molecule has 0 bridgehead atoms. The first-order chi connectivity index (χ1) is 7.28. The second-order valence-corrected chi connectivity index (χ2v) is 5.93. The number of ether oxygens (including phenoxy) is 1. The van der Waals surface area contributed by atoms with Gasteiger partial charge in [0.15, 0.2) is 0 Å². The second kappa shape index (κ2) is 4.60. The Hall–Kier alpha value is -0.790. The molecule has 2 heteroatoms. The molecule has 0 N–H and O–H groups in total. The van der Waals surface area contributed by atoms with Gasteiger partial charge < -0.3 is 4.74 Å². The van der Waals surface area contributed by atoms with Gasteiger partial charge in [-0.25, -0.2) is 4.79 Å². The minimum Gasteiger partial charge on any atom is -0.457 e. The van der Waals surface area contributed by atoms with Crippen molar-refractivity contribution in [2.75, 3.05) is 0 Å². The highest BCUT2D eigenvalue weighted by Crippen LogP contribution is 2.40. The van der Waals surface area contributed by atoms with Crippen LogP contribution < -0.4 is 0 Å². The number of carbonyl (C=O) groups excluding carboxylic acids is 1. The van der Waals surface area contributed by atoms with Gasteiger partial charge in [-0.2, -0.15) is 0 Å². The zero-order valence-electron chi connectivity index (χ0n) is 11.2. The van der Waals surface area contributed by atoms with Crippen LogP contribution in [0.5, 0.6) is 0 Å². The van der Waals surface area contributed by atoms with E-state index in [1.165, 1.54) is 6.42 Å². The number of hydrogen-bond donors (Lipinski definition) is 0. The topological polar surface area (TPSA) is 26.3 Å². The zero-order chi connectivity index (χ0) is 12.4. The maximum Gasteiger partial charge on any atom is 0.334 e. The Bertz CT molecular complexity index is 296. The SMILES string of the molecule is CC[C@@]1(C)CCCC=C1C(=O)OC(C)(C)C. The van der Waals surface area contributed by atoms with E-state index in [0.29, 0.717) is 0 Å². The Morgan fingerprint density at radius 2 is 2.12 bits per heavy atom. The molecule has 0 amide bonds. The van der Waals surface area contributed by atoms with Crippen LogP contribution in [0.4, 0.5) is 0 Å². The Kier molecular flexibility index (Phi) is 3.82. The third-order valence-electron chi connectivity index (χ3n) is 3.33. The van der Waals surface area contributed by atoms with E-state index in [1.807, 2.05) is 20.8 Å². The van der Waals surface area contributed by atoms with Crippen molar-refractivity contribution >= 4 is 5.97 Å². The highest BCUT2D eigenvalue weighted by Gasteiger charge is 2.35. The van der Waals surface area contributed by atoms with Crippen molar-refractivity contribution in [3.8, 4) is 0 Å². The molecule has 1 atom stereocenters. The van der Waals surface area contributed by atoms with Crippen LogP contribution in [0.25, 0.3) is 0 Å². The summed E-state index contributed by atoms with van der Waals surface area (Å²) in [5.41, 5.74) is 0.501. The van der Waals surface area contributed by atoms with Gasteiger partial charge in [0.2, 0.25) is 0 Å². The molecular formula is C14H24O2. The summed E-state index contributed by atoms with van der Waals surface area (Å²) in [5, 5.41) is 0. The molecule has 0 unspecified atom stereocenters. The molecule has 0 aromatic rings. The minimum absolute atomic E-state index is 0.0145. The molecular weight excluding hydrogens is 200 g/mol. The molecule has 1 rings (SSSR count). The van der Waals surface area contributed by atoms with Crippen molar-refractivity contribution in [1.82, 2.24) is 0 Å². The molecule has 1 aliphatic rings. The summed E-state index contributed by atoms with van der Waals surface area (Å²) in [6, 6.07) is 0. The average molecular weight is 224 g/mol. The summed E-state index contributed by atoms with van der Waals surface area (Å²) in [6.45, 7) is 10.1. The van der Waals surface area contributed by atoms with Crippen LogP contribution in [0, 0.1) is 5.41 Å². The summed E-state index contributed by atoms with van der Waals surface area (Å²) in [5.74, 6) is -0.128. The van der Waals surface area contributed by atoms with E-state index in [9.17, 15) is 4.79 Å². The lowest BCUT2D eigenvalue weighted by Crippen LogP contribution is -2.32. The van der Waals surface area contributed by atoms with Crippen molar-refractivity contribution < 1.29 is 9.53 Å². The molecule has 0 spiro atoms. The second-order valence-electron chi connectivity index (χ2n) is 5.93. The molecule has 0 aliphatic heterocycles. The lowest BCUT2D eigenvalue weighted by atomic mass is 9.72. The normalized spacial score (nSPS) is 26.2. The van der Waals surface area contributed by atoms with E-state index in [2.05, 4.69) is 19.9 Å². The molecule has 16 heavy (non-hydrogen) atoms. The van der Waals surface area contributed by atoms with Crippen LogP contribution in [-0.4, -0.2) is 11.6 Å². The third kappa shape index (κ3) is 3.10. The van der Waals surface area contributed by atoms with Crippen LogP contribution in [0.15, 0.2) is 11.6 Å². The molecule has 0 saturated heterocycles.